The van der Waals surface area contributed by atoms with Gasteiger partial charge in [-0.25, -0.2) is 0 Å². The second kappa shape index (κ2) is 4.47. The minimum atomic E-state index is 0.0759. The van der Waals surface area contributed by atoms with Crippen LogP contribution < -0.4 is 5.32 Å². The van der Waals surface area contributed by atoms with Crippen LogP contribution in [0.25, 0.3) is 0 Å². The van der Waals surface area contributed by atoms with Crippen molar-refractivity contribution in [3.05, 3.63) is 24.3 Å². The zero-order valence-electron chi connectivity index (χ0n) is 6.99. The van der Waals surface area contributed by atoms with Crippen molar-refractivity contribution in [2.24, 2.45) is 0 Å². The number of hydrogen-bond donors (Lipinski definition) is 1. The minimum Gasteiger partial charge on any atom is -0.298 e. The maximum absolute atomic E-state index is 5.19. The Hall–Kier alpha value is -1.40. The molecule has 1 N–H and O–H groups in total. The van der Waals surface area contributed by atoms with Crippen molar-refractivity contribution < 1.29 is 0 Å². The van der Waals surface area contributed by atoms with Gasteiger partial charge in [-0.15, -0.1) is 6.42 Å². The van der Waals surface area contributed by atoms with Gasteiger partial charge in [0, 0.05) is 25.1 Å². The molecule has 1 heterocycles. The summed E-state index contributed by atoms with van der Waals surface area (Å²) in [5, 5.41) is 3.11. The Kier molecular flexibility index (Phi) is 3.24. The van der Waals surface area contributed by atoms with Crippen LogP contribution in [0.4, 0.5) is 0 Å². The Bertz CT molecular complexity index is 263. The van der Waals surface area contributed by atoms with Gasteiger partial charge in [0.2, 0.25) is 0 Å². The van der Waals surface area contributed by atoms with E-state index in [0.29, 0.717) is 6.54 Å². The van der Waals surface area contributed by atoms with Crippen molar-refractivity contribution >= 4 is 0 Å². The molecule has 0 saturated heterocycles. The average molecular weight is 161 g/mol. The molecule has 0 aliphatic carbocycles. The third-order valence-corrected chi connectivity index (χ3v) is 1.46. The van der Waals surface area contributed by atoms with Crippen LogP contribution in [0.2, 0.25) is 0 Å². The number of hydrogen-bond acceptors (Lipinski definition) is 3. The molecule has 0 aromatic carbocycles. The highest BCUT2D eigenvalue weighted by Gasteiger charge is 1.96. The van der Waals surface area contributed by atoms with Gasteiger partial charge in [-0.3, -0.25) is 15.3 Å². The number of nitrogens with zero attached hydrogens (tertiary/aromatic N) is 2. The summed E-state index contributed by atoms with van der Waals surface area (Å²) in [5.74, 6) is 2.58. The monoisotopic (exact) mass is 161 g/mol. The van der Waals surface area contributed by atoms with Crippen LogP contribution in [0.1, 0.15) is 12.6 Å². The molecule has 1 atom stereocenters. The summed E-state index contributed by atoms with van der Waals surface area (Å²) in [6.07, 6.45) is 10.2. The molecule has 0 amide bonds. The molecule has 0 radical (unpaired) electrons. The van der Waals surface area contributed by atoms with Crippen LogP contribution >= 0.6 is 0 Å². The van der Waals surface area contributed by atoms with Crippen LogP contribution in [0.5, 0.6) is 0 Å². The van der Waals surface area contributed by atoms with Crippen molar-refractivity contribution in [1.29, 1.82) is 0 Å². The molecule has 1 aromatic rings. The van der Waals surface area contributed by atoms with E-state index >= 15 is 0 Å². The maximum Gasteiger partial charge on any atom is 0.0724 e. The Morgan fingerprint density at radius 1 is 1.67 bits per heavy atom. The lowest BCUT2D eigenvalue weighted by Crippen LogP contribution is -2.23. The van der Waals surface area contributed by atoms with Crippen molar-refractivity contribution in [3.63, 3.8) is 0 Å². The Labute approximate surface area is 72.2 Å². The number of rotatable bonds is 3. The van der Waals surface area contributed by atoms with E-state index in [9.17, 15) is 0 Å². The zero-order chi connectivity index (χ0) is 8.81. The number of terminal acetylenes is 1. The molecule has 12 heavy (non-hydrogen) atoms. The zero-order valence-corrected chi connectivity index (χ0v) is 6.99. The first-order valence-electron chi connectivity index (χ1n) is 3.77. The Balaban J connectivity index is 2.40. The Morgan fingerprint density at radius 2 is 2.50 bits per heavy atom. The van der Waals surface area contributed by atoms with Gasteiger partial charge in [0.1, 0.15) is 0 Å². The third kappa shape index (κ3) is 2.69. The summed E-state index contributed by atoms with van der Waals surface area (Å²) in [7, 11) is 0. The number of nitrogens with one attached hydrogen (secondary N) is 1. The van der Waals surface area contributed by atoms with Crippen molar-refractivity contribution in [3.8, 4) is 12.3 Å². The fourth-order valence-corrected chi connectivity index (χ4v) is 0.738. The van der Waals surface area contributed by atoms with Gasteiger partial charge in [-0.2, -0.15) is 0 Å². The normalized spacial score (nSPS) is 12.0. The van der Waals surface area contributed by atoms with Crippen LogP contribution in [0.15, 0.2) is 18.6 Å². The molecule has 0 bridgehead atoms. The third-order valence-electron chi connectivity index (χ3n) is 1.46. The molecule has 0 fully saturated rings. The highest BCUT2D eigenvalue weighted by Crippen LogP contribution is 1.89. The molecule has 0 spiro atoms. The van der Waals surface area contributed by atoms with E-state index in [4.69, 9.17) is 6.42 Å². The van der Waals surface area contributed by atoms with Crippen molar-refractivity contribution in [2.45, 2.75) is 19.5 Å². The number of aromatic nitrogens is 2. The lowest BCUT2D eigenvalue weighted by molar-refractivity contribution is 0.635. The average Bonchev–Trinajstić information content (AvgIpc) is 2.16. The highest BCUT2D eigenvalue weighted by molar-refractivity contribution is 4.99. The molecular formula is C9H11N3. The van der Waals surface area contributed by atoms with E-state index < -0.39 is 0 Å². The summed E-state index contributed by atoms with van der Waals surface area (Å²) in [6, 6.07) is 0.0759. The fraction of sp³-hybridized carbons (Fsp3) is 0.333. The van der Waals surface area contributed by atoms with E-state index in [2.05, 4.69) is 21.2 Å². The van der Waals surface area contributed by atoms with Gasteiger partial charge in [0.15, 0.2) is 0 Å². The summed E-state index contributed by atoms with van der Waals surface area (Å²) in [5.41, 5.74) is 0.902. The quantitative estimate of drug-likeness (QED) is 0.659. The first-order valence-corrected chi connectivity index (χ1v) is 3.77. The molecule has 1 rings (SSSR count). The van der Waals surface area contributed by atoms with Gasteiger partial charge in [-0.1, -0.05) is 5.92 Å². The van der Waals surface area contributed by atoms with E-state index in [0.717, 1.165) is 5.69 Å². The molecule has 1 unspecified atom stereocenters. The van der Waals surface area contributed by atoms with Crippen LogP contribution in [-0.4, -0.2) is 16.0 Å². The first-order chi connectivity index (χ1) is 5.83. The van der Waals surface area contributed by atoms with Gasteiger partial charge in [-0.05, 0) is 6.92 Å². The Morgan fingerprint density at radius 3 is 3.08 bits per heavy atom. The van der Waals surface area contributed by atoms with Gasteiger partial charge >= 0.3 is 0 Å². The largest absolute Gasteiger partial charge is 0.298 e. The standard InChI is InChI=1S/C9H11N3/c1-3-8(2)12-7-9-6-10-4-5-11-9/h1,4-6,8,12H,7H2,2H3. The van der Waals surface area contributed by atoms with E-state index in [1.165, 1.54) is 0 Å². The molecule has 0 aliphatic heterocycles. The van der Waals surface area contributed by atoms with Gasteiger partial charge in [0.05, 0.1) is 11.7 Å². The van der Waals surface area contributed by atoms with Gasteiger partial charge < -0.3 is 0 Å². The second-order valence-corrected chi connectivity index (χ2v) is 2.47. The van der Waals surface area contributed by atoms with E-state index in [-0.39, 0.29) is 6.04 Å². The van der Waals surface area contributed by atoms with Crippen LogP contribution in [0.3, 0.4) is 0 Å². The summed E-state index contributed by atoms with van der Waals surface area (Å²) < 4.78 is 0. The van der Waals surface area contributed by atoms with Crippen LogP contribution in [-0.2, 0) is 6.54 Å². The summed E-state index contributed by atoms with van der Waals surface area (Å²) in [6.45, 7) is 2.59. The van der Waals surface area contributed by atoms with Crippen molar-refractivity contribution in [2.75, 3.05) is 0 Å². The van der Waals surface area contributed by atoms with Crippen molar-refractivity contribution in [1.82, 2.24) is 15.3 Å². The maximum atomic E-state index is 5.19. The molecule has 3 nitrogen and oxygen atoms in total. The van der Waals surface area contributed by atoms with E-state index in [1.807, 2.05) is 6.92 Å². The molecule has 0 aliphatic rings. The van der Waals surface area contributed by atoms with Gasteiger partial charge in [0.25, 0.3) is 0 Å². The summed E-state index contributed by atoms with van der Waals surface area (Å²) >= 11 is 0. The second-order valence-electron chi connectivity index (χ2n) is 2.47. The molecule has 0 saturated carbocycles. The highest BCUT2D eigenvalue weighted by atomic mass is 14.9. The lowest BCUT2D eigenvalue weighted by Gasteiger charge is -2.05. The minimum absolute atomic E-state index is 0.0759. The smallest absolute Gasteiger partial charge is 0.0724 e. The predicted octanol–water partition coefficient (Wildman–Crippen LogP) is 0.588. The molecule has 3 heteroatoms. The predicted molar refractivity (Wildman–Crippen MR) is 47.2 cm³/mol. The first kappa shape index (κ1) is 8.69. The molecular weight excluding hydrogens is 150 g/mol. The topological polar surface area (TPSA) is 37.8 Å². The van der Waals surface area contributed by atoms with Crippen LogP contribution in [0, 0.1) is 12.3 Å². The fourth-order valence-electron chi connectivity index (χ4n) is 0.738. The molecule has 62 valence electrons. The summed E-state index contributed by atoms with van der Waals surface area (Å²) in [4.78, 5) is 8.03. The van der Waals surface area contributed by atoms with E-state index in [1.54, 1.807) is 18.6 Å². The lowest BCUT2D eigenvalue weighted by atomic mass is 10.3. The molecule has 1 aromatic heterocycles. The SMILES string of the molecule is C#CC(C)NCc1cnccn1.